The molecule has 1 N–H and O–H groups in total. The normalized spacial score (nSPS) is 15.7. The van der Waals surface area contributed by atoms with E-state index < -0.39 is 11.6 Å². The maximum absolute atomic E-state index is 13.9. The Balaban J connectivity index is 1.44. The molecule has 3 heterocycles. The Morgan fingerprint density at radius 2 is 2.00 bits per heavy atom. The summed E-state index contributed by atoms with van der Waals surface area (Å²) in [7, 11) is 1.59. The number of imidazole rings is 1. The number of ether oxygens (including phenoxy) is 1. The third-order valence-corrected chi connectivity index (χ3v) is 5.93. The van der Waals surface area contributed by atoms with Crippen LogP contribution in [-0.2, 0) is 6.54 Å². The second-order valence-corrected chi connectivity index (χ2v) is 8.24. The quantitative estimate of drug-likeness (QED) is 0.419. The fraction of sp³-hybridized carbons (Fsp3) is 0.261. The molecule has 1 atom stereocenters. The first-order valence-electron chi connectivity index (χ1n) is 10.6. The van der Waals surface area contributed by atoms with E-state index >= 15 is 0 Å². The Bertz CT molecular complexity index is 1300. The molecule has 0 spiro atoms. The summed E-state index contributed by atoms with van der Waals surface area (Å²) in [4.78, 5) is 8.74. The second kappa shape index (κ2) is 8.82. The summed E-state index contributed by atoms with van der Waals surface area (Å²) in [5.74, 6) is -0.0836. The van der Waals surface area contributed by atoms with Crippen LogP contribution in [0.3, 0.4) is 0 Å². The molecule has 0 saturated carbocycles. The van der Waals surface area contributed by atoms with Crippen LogP contribution in [0.5, 0.6) is 5.75 Å². The van der Waals surface area contributed by atoms with E-state index in [9.17, 15) is 8.78 Å². The zero-order valence-electron chi connectivity index (χ0n) is 17.8. The molecule has 0 amide bonds. The Morgan fingerprint density at radius 1 is 1.12 bits per heavy atom. The van der Waals surface area contributed by atoms with E-state index in [2.05, 4.69) is 15.4 Å². The van der Waals surface area contributed by atoms with Gasteiger partial charge >= 0.3 is 0 Å². The fourth-order valence-corrected chi connectivity index (χ4v) is 4.29. The Hall–Kier alpha value is -3.46. The Kier molecular flexibility index (Phi) is 5.72. The topological polar surface area (TPSA) is 69.8 Å². The van der Waals surface area contributed by atoms with Crippen molar-refractivity contribution in [3.8, 4) is 11.4 Å². The molecule has 1 aliphatic rings. The molecule has 4 aromatic rings. The van der Waals surface area contributed by atoms with E-state index in [1.54, 1.807) is 30.3 Å². The van der Waals surface area contributed by atoms with Gasteiger partial charge in [-0.05, 0) is 42.7 Å². The van der Waals surface area contributed by atoms with Crippen molar-refractivity contribution in [3.05, 3.63) is 77.1 Å². The minimum Gasteiger partial charge on any atom is -0.494 e. The number of nitrogens with zero attached hydrogens (tertiary/aromatic N) is 5. The van der Waals surface area contributed by atoms with Crippen LogP contribution in [0.15, 0.2) is 48.9 Å². The highest BCUT2D eigenvalue weighted by Crippen LogP contribution is 2.34. The van der Waals surface area contributed by atoms with Crippen molar-refractivity contribution in [3.63, 3.8) is 0 Å². The van der Waals surface area contributed by atoms with Crippen molar-refractivity contribution in [1.82, 2.24) is 24.3 Å². The van der Waals surface area contributed by atoms with Crippen LogP contribution in [0, 0.1) is 11.6 Å². The monoisotopic (exact) mass is 470 g/mol. The lowest BCUT2D eigenvalue weighted by Crippen LogP contribution is -2.09. The van der Waals surface area contributed by atoms with Crippen molar-refractivity contribution in [2.75, 3.05) is 12.4 Å². The average Bonchev–Trinajstić information content (AvgIpc) is 3.36. The van der Waals surface area contributed by atoms with Gasteiger partial charge in [0.05, 0.1) is 12.8 Å². The van der Waals surface area contributed by atoms with Gasteiger partial charge in [-0.3, -0.25) is 0 Å². The molecule has 5 rings (SSSR count). The van der Waals surface area contributed by atoms with E-state index in [1.165, 1.54) is 6.07 Å². The molecule has 0 radical (unpaired) electrons. The number of aryl methyl sites for hydroxylation is 1. The van der Waals surface area contributed by atoms with Crippen molar-refractivity contribution < 1.29 is 13.5 Å². The molecule has 10 heteroatoms. The zero-order valence-corrected chi connectivity index (χ0v) is 18.6. The van der Waals surface area contributed by atoms with Crippen LogP contribution in [-0.4, -0.2) is 31.4 Å². The number of halogens is 3. The summed E-state index contributed by atoms with van der Waals surface area (Å²) in [6, 6.07) is 9.63. The van der Waals surface area contributed by atoms with E-state index in [4.69, 9.17) is 21.3 Å². The van der Waals surface area contributed by atoms with Crippen LogP contribution < -0.4 is 10.1 Å². The molecular weight excluding hydrogens is 450 g/mol. The molecule has 33 heavy (non-hydrogen) atoms. The van der Waals surface area contributed by atoms with Gasteiger partial charge in [0.2, 0.25) is 5.95 Å². The van der Waals surface area contributed by atoms with E-state index in [-0.39, 0.29) is 5.92 Å². The summed E-state index contributed by atoms with van der Waals surface area (Å²) in [5.41, 5.74) is 2.22. The van der Waals surface area contributed by atoms with Gasteiger partial charge in [0.25, 0.3) is 0 Å². The number of aromatic nitrogens is 5. The van der Waals surface area contributed by atoms with Crippen molar-refractivity contribution in [1.29, 1.82) is 0 Å². The van der Waals surface area contributed by atoms with Gasteiger partial charge in [0.15, 0.2) is 11.6 Å². The number of rotatable bonds is 5. The number of hydrogen-bond donors (Lipinski definition) is 1. The highest BCUT2D eigenvalue weighted by Gasteiger charge is 2.25. The highest BCUT2D eigenvalue weighted by molar-refractivity contribution is 6.29. The largest absolute Gasteiger partial charge is 0.494 e. The van der Waals surface area contributed by atoms with Crippen LogP contribution in [0.25, 0.3) is 5.69 Å². The standard InChI is InChI=1S/C23H21ClF2N6O/c1-33-20-11-15(6-8-19(20)31-12-21(24)27-13-31)28-23-29-22-16(4-2-3-9-32(22)30-23)14-5-7-17(25)18(26)10-14/h5-8,10-13,16H,2-4,9H2,1H3,(H,28,30)/t16-/m1/s1. The zero-order chi connectivity index (χ0) is 22.9. The molecule has 7 nitrogen and oxygen atoms in total. The molecule has 0 unspecified atom stereocenters. The SMILES string of the molecule is COc1cc(Nc2nc3n(n2)CCCC[C@@H]3c2ccc(F)c(F)c2)ccc1-n1cnc(Cl)c1. The molecule has 0 saturated heterocycles. The number of benzene rings is 2. The summed E-state index contributed by atoms with van der Waals surface area (Å²) in [6.45, 7) is 0.716. The van der Waals surface area contributed by atoms with Crippen LogP contribution >= 0.6 is 11.6 Å². The summed E-state index contributed by atoms with van der Waals surface area (Å²) >= 11 is 5.93. The highest BCUT2D eigenvalue weighted by atomic mass is 35.5. The van der Waals surface area contributed by atoms with Gasteiger partial charge in [-0.1, -0.05) is 24.1 Å². The minimum atomic E-state index is -0.855. The van der Waals surface area contributed by atoms with E-state index in [0.29, 0.717) is 29.0 Å². The summed E-state index contributed by atoms with van der Waals surface area (Å²) in [5, 5.41) is 8.23. The first kappa shape index (κ1) is 21.4. The fourth-order valence-electron chi connectivity index (χ4n) is 4.14. The molecule has 0 fully saturated rings. The third kappa shape index (κ3) is 4.28. The Morgan fingerprint density at radius 3 is 2.76 bits per heavy atom. The van der Waals surface area contributed by atoms with Gasteiger partial charge < -0.3 is 14.6 Å². The molecule has 1 aliphatic heterocycles. The smallest absolute Gasteiger partial charge is 0.246 e. The van der Waals surface area contributed by atoms with Crippen LogP contribution in [0.4, 0.5) is 20.4 Å². The van der Waals surface area contributed by atoms with Crippen LogP contribution in [0.2, 0.25) is 5.15 Å². The van der Waals surface area contributed by atoms with Gasteiger partial charge in [0.1, 0.15) is 23.1 Å². The van der Waals surface area contributed by atoms with Gasteiger partial charge in [0, 0.05) is 30.4 Å². The molecule has 0 aliphatic carbocycles. The predicted octanol–water partition coefficient (Wildman–Crippen LogP) is 5.46. The average molecular weight is 471 g/mol. The first-order chi connectivity index (χ1) is 16.0. The van der Waals surface area contributed by atoms with Gasteiger partial charge in [-0.2, -0.15) is 4.98 Å². The third-order valence-electron chi connectivity index (χ3n) is 5.74. The lowest BCUT2D eigenvalue weighted by Gasteiger charge is -2.14. The van der Waals surface area contributed by atoms with E-state index in [0.717, 1.165) is 42.5 Å². The number of fused-ring (bicyclic) bond motifs is 1. The molecule has 2 aromatic carbocycles. The molecule has 2 aromatic heterocycles. The number of anilines is 2. The van der Waals surface area contributed by atoms with Crippen molar-refractivity contribution in [2.45, 2.75) is 31.7 Å². The maximum atomic E-state index is 13.9. The van der Waals surface area contributed by atoms with Crippen LogP contribution in [0.1, 0.15) is 36.6 Å². The Labute approximate surface area is 194 Å². The molecular formula is C23H21ClF2N6O. The first-order valence-corrected chi connectivity index (χ1v) is 10.9. The van der Waals surface area contributed by atoms with Gasteiger partial charge in [-0.15, -0.1) is 5.10 Å². The molecule has 0 bridgehead atoms. The lowest BCUT2D eigenvalue weighted by atomic mass is 9.93. The summed E-state index contributed by atoms with van der Waals surface area (Å²) in [6.07, 6.45) is 5.98. The maximum Gasteiger partial charge on any atom is 0.246 e. The molecule has 170 valence electrons. The van der Waals surface area contributed by atoms with Gasteiger partial charge in [-0.25, -0.2) is 18.4 Å². The number of hydrogen-bond acceptors (Lipinski definition) is 5. The summed E-state index contributed by atoms with van der Waals surface area (Å²) < 4.78 is 36.5. The predicted molar refractivity (Wildman–Crippen MR) is 120 cm³/mol. The number of nitrogens with one attached hydrogen (secondary N) is 1. The lowest BCUT2D eigenvalue weighted by molar-refractivity contribution is 0.413. The van der Waals surface area contributed by atoms with E-state index in [1.807, 2.05) is 22.9 Å². The second-order valence-electron chi connectivity index (χ2n) is 7.85. The van der Waals surface area contributed by atoms with Crippen molar-refractivity contribution in [2.24, 2.45) is 0 Å². The minimum absolute atomic E-state index is 0.159. The number of methoxy groups -OCH3 is 1. The van der Waals surface area contributed by atoms with Crippen molar-refractivity contribution >= 4 is 23.2 Å².